The van der Waals surface area contributed by atoms with Crippen LogP contribution in [0.2, 0.25) is 0 Å². The molecule has 0 heterocycles. The Morgan fingerprint density at radius 1 is 1.33 bits per heavy atom. The lowest BCUT2D eigenvalue weighted by Crippen LogP contribution is -1.93. The van der Waals surface area contributed by atoms with Crippen LogP contribution in [0, 0.1) is 10.5 Å². The summed E-state index contributed by atoms with van der Waals surface area (Å²) in [7, 11) is 0. The third-order valence-electron chi connectivity index (χ3n) is 2.34. The van der Waals surface area contributed by atoms with Crippen LogP contribution in [0.5, 0.6) is 0 Å². The predicted molar refractivity (Wildman–Crippen MR) is 56.5 cm³/mol. The van der Waals surface area contributed by atoms with Crippen molar-refractivity contribution < 1.29 is 4.79 Å². The standard InChI is InChI=1S/C10H9IO/c1-6-2-3-7-8(10(6)11)4-5-9(7)12/h2-3H,4-5H2,1H3. The quantitative estimate of drug-likeness (QED) is 0.664. The molecule has 0 bridgehead atoms. The maximum absolute atomic E-state index is 11.3. The van der Waals surface area contributed by atoms with Gasteiger partial charge in [0.2, 0.25) is 0 Å². The number of ketones is 1. The van der Waals surface area contributed by atoms with Crippen molar-refractivity contribution in [1.29, 1.82) is 0 Å². The second kappa shape index (κ2) is 2.83. The van der Waals surface area contributed by atoms with Gasteiger partial charge < -0.3 is 0 Å². The summed E-state index contributed by atoms with van der Waals surface area (Å²) in [5.74, 6) is 0.308. The van der Waals surface area contributed by atoms with E-state index in [-0.39, 0.29) is 0 Å². The average molecular weight is 272 g/mol. The van der Waals surface area contributed by atoms with Gasteiger partial charge in [-0.25, -0.2) is 0 Å². The highest BCUT2D eigenvalue weighted by atomic mass is 127. The van der Waals surface area contributed by atoms with Gasteiger partial charge in [0.05, 0.1) is 0 Å². The van der Waals surface area contributed by atoms with Crippen LogP contribution >= 0.6 is 22.6 Å². The van der Waals surface area contributed by atoms with E-state index in [9.17, 15) is 4.79 Å². The van der Waals surface area contributed by atoms with Gasteiger partial charge in [-0.15, -0.1) is 0 Å². The van der Waals surface area contributed by atoms with Crippen LogP contribution in [0.4, 0.5) is 0 Å². The smallest absolute Gasteiger partial charge is 0.163 e. The van der Waals surface area contributed by atoms with Gasteiger partial charge in [0.15, 0.2) is 5.78 Å². The molecule has 0 unspecified atom stereocenters. The van der Waals surface area contributed by atoms with E-state index >= 15 is 0 Å². The zero-order chi connectivity index (χ0) is 8.72. The van der Waals surface area contributed by atoms with Crippen molar-refractivity contribution in [2.45, 2.75) is 19.8 Å². The Hall–Kier alpha value is -0.380. The summed E-state index contributed by atoms with van der Waals surface area (Å²) >= 11 is 2.33. The maximum Gasteiger partial charge on any atom is 0.163 e. The molecule has 0 saturated heterocycles. The molecule has 0 radical (unpaired) electrons. The molecule has 0 fully saturated rings. The summed E-state index contributed by atoms with van der Waals surface area (Å²) in [5.41, 5.74) is 3.50. The molecule has 0 aliphatic heterocycles. The van der Waals surface area contributed by atoms with E-state index in [0.29, 0.717) is 12.2 Å². The fraction of sp³-hybridized carbons (Fsp3) is 0.300. The van der Waals surface area contributed by atoms with Gasteiger partial charge >= 0.3 is 0 Å². The number of benzene rings is 1. The van der Waals surface area contributed by atoms with Crippen LogP contribution in [0.3, 0.4) is 0 Å². The second-order valence-electron chi connectivity index (χ2n) is 3.15. The Morgan fingerprint density at radius 2 is 2.08 bits per heavy atom. The molecule has 0 N–H and O–H groups in total. The van der Waals surface area contributed by atoms with Crippen molar-refractivity contribution in [2.75, 3.05) is 0 Å². The first kappa shape index (κ1) is 8.23. The van der Waals surface area contributed by atoms with Crippen LogP contribution in [0.1, 0.15) is 27.9 Å². The third-order valence-corrected chi connectivity index (χ3v) is 3.84. The molecule has 0 amide bonds. The summed E-state index contributed by atoms with van der Waals surface area (Å²) in [5, 5.41) is 0. The highest BCUT2D eigenvalue weighted by Gasteiger charge is 2.21. The van der Waals surface area contributed by atoms with Crippen molar-refractivity contribution in [3.8, 4) is 0 Å². The molecule has 1 aliphatic rings. The summed E-state index contributed by atoms with van der Waals surface area (Å²) in [6.07, 6.45) is 1.64. The summed E-state index contributed by atoms with van der Waals surface area (Å²) in [6.45, 7) is 2.09. The zero-order valence-electron chi connectivity index (χ0n) is 6.86. The monoisotopic (exact) mass is 272 g/mol. The molecular weight excluding hydrogens is 263 g/mol. The molecule has 0 saturated carbocycles. The Morgan fingerprint density at radius 3 is 2.83 bits per heavy atom. The van der Waals surface area contributed by atoms with E-state index < -0.39 is 0 Å². The summed E-state index contributed by atoms with van der Waals surface area (Å²) in [4.78, 5) is 11.3. The SMILES string of the molecule is Cc1ccc2c(c1I)CCC2=O. The number of Topliss-reactive ketones (excluding diaryl/α,β-unsaturated/α-hetero) is 1. The lowest BCUT2D eigenvalue weighted by molar-refractivity contribution is 0.0994. The molecule has 0 atom stereocenters. The molecule has 1 nitrogen and oxygen atoms in total. The fourth-order valence-corrected chi connectivity index (χ4v) is 2.36. The van der Waals surface area contributed by atoms with Gasteiger partial charge in [0.25, 0.3) is 0 Å². The van der Waals surface area contributed by atoms with Crippen LogP contribution in [-0.2, 0) is 6.42 Å². The highest BCUT2D eigenvalue weighted by Crippen LogP contribution is 2.28. The third kappa shape index (κ3) is 1.09. The van der Waals surface area contributed by atoms with Gasteiger partial charge in [0, 0.05) is 15.6 Å². The fourth-order valence-electron chi connectivity index (χ4n) is 1.62. The van der Waals surface area contributed by atoms with Crippen molar-refractivity contribution in [1.82, 2.24) is 0 Å². The minimum absolute atomic E-state index is 0.308. The zero-order valence-corrected chi connectivity index (χ0v) is 9.01. The van der Waals surface area contributed by atoms with Crippen molar-refractivity contribution >= 4 is 28.4 Å². The Balaban J connectivity index is 2.68. The first-order valence-electron chi connectivity index (χ1n) is 4.01. The number of rotatable bonds is 0. The molecule has 0 aromatic heterocycles. The largest absolute Gasteiger partial charge is 0.294 e. The van der Waals surface area contributed by atoms with Crippen molar-refractivity contribution in [3.63, 3.8) is 0 Å². The van der Waals surface area contributed by atoms with E-state index in [1.54, 1.807) is 0 Å². The number of aryl methyl sites for hydroxylation is 1. The Bertz CT molecular complexity index is 355. The number of carbonyl (C=O) groups is 1. The van der Waals surface area contributed by atoms with E-state index in [2.05, 4.69) is 29.5 Å². The molecule has 2 rings (SSSR count). The molecule has 1 aromatic rings. The van der Waals surface area contributed by atoms with E-state index in [1.165, 1.54) is 14.7 Å². The minimum atomic E-state index is 0.308. The van der Waals surface area contributed by atoms with Crippen LogP contribution in [0.25, 0.3) is 0 Å². The predicted octanol–water partition coefficient (Wildman–Crippen LogP) is 2.73. The molecular formula is C10H9IO. The summed E-state index contributed by atoms with van der Waals surface area (Å²) < 4.78 is 1.27. The van der Waals surface area contributed by atoms with E-state index in [1.807, 2.05) is 12.1 Å². The van der Waals surface area contributed by atoms with E-state index in [0.717, 1.165) is 12.0 Å². The molecule has 1 aliphatic carbocycles. The van der Waals surface area contributed by atoms with Gasteiger partial charge in [-0.1, -0.05) is 12.1 Å². The van der Waals surface area contributed by atoms with E-state index in [4.69, 9.17) is 0 Å². The van der Waals surface area contributed by atoms with Crippen LogP contribution < -0.4 is 0 Å². The number of hydrogen-bond donors (Lipinski definition) is 0. The van der Waals surface area contributed by atoms with Crippen LogP contribution in [0.15, 0.2) is 12.1 Å². The number of fused-ring (bicyclic) bond motifs is 1. The van der Waals surface area contributed by atoms with Gasteiger partial charge in [0.1, 0.15) is 0 Å². The highest BCUT2D eigenvalue weighted by molar-refractivity contribution is 14.1. The first-order chi connectivity index (χ1) is 5.70. The molecule has 2 heteroatoms. The Labute approximate surface area is 85.3 Å². The normalized spacial score (nSPS) is 15.0. The molecule has 0 spiro atoms. The number of carbonyl (C=O) groups excluding carboxylic acids is 1. The van der Waals surface area contributed by atoms with Crippen LogP contribution in [-0.4, -0.2) is 5.78 Å². The lowest BCUT2D eigenvalue weighted by Gasteiger charge is -2.03. The minimum Gasteiger partial charge on any atom is -0.294 e. The maximum atomic E-state index is 11.3. The molecule has 1 aromatic carbocycles. The summed E-state index contributed by atoms with van der Waals surface area (Å²) in [6, 6.07) is 3.99. The lowest BCUT2D eigenvalue weighted by atomic mass is 10.1. The molecule has 12 heavy (non-hydrogen) atoms. The Kier molecular flexibility index (Phi) is 1.94. The van der Waals surface area contributed by atoms with Gasteiger partial charge in [-0.2, -0.15) is 0 Å². The van der Waals surface area contributed by atoms with Crippen molar-refractivity contribution in [3.05, 3.63) is 32.4 Å². The topological polar surface area (TPSA) is 17.1 Å². The first-order valence-corrected chi connectivity index (χ1v) is 5.09. The van der Waals surface area contributed by atoms with Gasteiger partial charge in [-0.3, -0.25) is 4.79 Å². The molecule has 62 valence electrons. The van der Waals surface area contributed by atoms with Crippen molar-refractivity contribution in [2.24, 2.45) is 0 Å². The average Bonchev–Trinajstić information content (AvgIpc) is 2.41. The second-order valence-corrected chi connectivity index (χ2v) is 4.22. The van der Waals surface area contributed by atoms with Gasteiger partial charge in [-0.05, 0) is 47.1 Å². The number of hydrogen-bond acceptors (Lipinski definition) is 1. The number of halogens is 1.